The molecule has 0 saturated carbocycles. The summed E-state index contributed by atoms with van der Waals surface area (Å²) in [4.78, 5) is 0. The molecule has 0 bridgehead atoms. The van der Waals surface area contributed by atoms with Crippen molar-refractivity contribution in [2.45, 2.75) is 0 Å². The van der Waals surface area contributed by atoms with Gasteiger partial charge in [-0.1, -0.05) is 17.7 Å². The van der Waals surface area contributed by atoms with E-state index in [0.29, 0.717) is 0 Å². The van der Waals surface area contributed by atoms with Crippen LogP contribution in [-0.4, -0.2) is 12.8 Å². The van der Waals surface area contributed by atoms with E-state index in [1.165, 1.54) is 0 Å². The number of hydrogen-bond donors (Lipinski definition) is 0. The van der Waals surface area contributed by atoms with Gasteiger partial charge in [0.25, 0.3) is 0 Å². The highest BCUT2D eigenvalue weighted by atomic mass is 32.4. The summed E-state index contributed by atoms with van der Waals surface area (Å²) in [6, 6.07) is 0. The van der Waals surface area contributed by atoms with E-state index in [9.17, 15) is 0 Å². The Hall–Kier alpha value is -0.250. The fourth-order valence-electron chi connectivity index (χ4n) is 0.639. The van der Waals surface area contributed by atoms with Gasteiger partial charge in [-0.25, -0.2) is 0 Å². The van der Waals surface area contributed by atoms with E-state index in [1.807, 2.05) is 6.66 Å². The summed E-state index contributed by atoms with van der Waals surface area (Å²) in [5.41, 5.74) is 0.904. The Morgan fingerprint density at radius 3 is 2.89 bits per heavy atom. The molecular weight excluding hydrogens is 151 g/mol. The minimum atomic E-state index is -1.52. The molecule has 3 heteroatoms. The second kappa shape index (κ2) is 2.17. The number of hydrogen-bond acceptors (Lipinski definition) is 2. The minimum Gasteiger partial charge on any atom is -0.473 e. The molecule has 1 unspecified atom stereocenters. The fourth-order valence-corrected chi connectivity index (χ4v) is 2.39. The van der Waals surface area contributed by atoms with Gasteiger partial charge in [-0.15, -0.1) is 6.42 Å². The van der Waals surface area contributed by atoms with Gasteiger partial charge in [0.2, 0.25) is 0 Å². The van der Waals surface area contributed by atoms with Crippen molar-refractivity contribution in [2.75, 3.05) is 12.8 Å². The van der Waals surface area contributed by atoms with Crippen LogP contribution in [0.5, 0.6) is 0 Å². The van der Waals surface area contributed by atoms with E-state index < -0.39 is 6.26 Å². The molecule has 0 spiro atoms. The van der Waals surface area contributed by atoms with Crippen LogP contribution in [0.3, 0.4) is 0 Å². The van der Waals surface area contributed by atoms with Crippen LogP contribution in [0.1, 0.15) is 0 Å². The molecule has 0 N–H and O–H groups in total. The normalized spacial score (nSPS) is 32.7. The van der Waals surface area contributed by atoms with E-state index in [0.717, 1.165) is 11.7 Å². The fraction of sp³-hybridized carbons (Fsp3) is 0.333. The highest BCUT2D eigenvalue weighted by Gasteiger charge is 2.18. The summed E-state index contributed by atoms with van der Waals surface area (Å²) >= 11 is 5.09. The van der Waals surface area contributed by atoms with Crippen LogP contribution < -0.4 is 0 Å². The Balaban J connectivity index is 2.74. The van der Waals surface area contributed by atoms with E-state index in [4.69, 9.17) is 22.8 Å². The van der Waals surface area contributed by atoms with Crippen molar-refractivity contribution < 1.29 is 4.52 Å². The highest BCUT2D eigenvalue weighted by molar-refractivity contribution is 8.12. The maximum Gasteiger partial charge on any atom is 0.116 e. The van der Waals surface area contributed by atoms with Gasteiger partial charge in [0, 0.05) is 11.7 Å². The summed E-state index contributed by atoms with van der Waals surface area (Å²) in [6.07, 6.45) is 6.01. The van der Waals surface area contributed by atoms with Gasteiger partial charge < -0.3 is 4.52 Å². The second-order valence-corrected chi connectivity index (χ2v) is 6.94. The van der Waals surface area contributed by atoms with Crippen molar-refractivity contribution in [2.24, 2.45) is 0 Å². The molecule has 1 aliphatic rings. The Morgan fingerprint density at radius 1 is 2.00 bits per heavy atom. The Labute approximate surface area is 60.2 Å². The molecule has 0 radical (unpaired) electrons. The summed E-state index contributed by atoms with van der Waals surface area (Å²) in [5.74, 6) is 2.52. The van der Waals surface area contributed by atoms with Gasteiger partial charge in [0.05, 0.1) is 6.26 Å². The predicted molar refractivity (Wildman–Crippen MR) is 43.1 cm³/mol. The van der Waals surface area contributed by atoms with Crippen LogP contribution in [0.4, 0.5) is 0 Å². The van der Waals surface area contributed by atoms with Gasteiger partial charge in [0.1, 0.15) is 6.26 Å². The van der Waals surface area contributed by atoms with Gasteiger partial charge in [-0.05, 0) is 6.66 Å². The molecule has 0 amide bonds. The molecule has 0 aliphatic carbocycles. The molecule has 0 fully saturated rings. The first-order valence-electron chi connectivity index (χ1n) is 2.55. The lowest BCUT2D eigenvalue weighted by Crippen LogP contribution is -1.80. The average molecular weight is 158 g/mol. The molecule has 1 atom stereocenters. The van der Waals surface area contributed by atoms with Gasteiger partial charge >= 0.3 is 0 Å². The summed E-state index contributed by atoms with van der Waals surface area (Å²) in [7, 11) is 0. The van der Waals surface area contributed by atoms with Crippen LogP contribution in [-0.2, 0) is 16.3 Å². The molecule has 0 aromatic carbocycles. The quantitative estimate of drug-likeness (QED) is 0.391. The van der Waals surface area contributed by atoms with E-state index >= 15 is 0 Å². The molecule has 9 heavy (non-hydrogen) atoms. The van der Waals surface area contributed by atoms with Crippen molar-refractivity contribution >= 4 is 18.1 Å². The molecule has 1 rings (SSSR count). The van der Waals surface area contributed by atoms with Crippen LogP contribution in [0.25, 0.3) is 0 Å². The average Bonchev–Trinajstić information content (AvgIpc) is 2.10. The lowest BCUT2D eigenvalue weighted by molar-refractivity contribution is 0.550. The third kappa shape index (κ3) is 1.58. The van der Waals surface area contributed by atoms with Gasteiger partial charge in [0.15, 0.2) is 0 Å². The van der Waals surface area contributed by atoms with Crippen LogP contribution >= 0.6 is 6.26 Å². The van der Waals surface area contributed by atoms with Gasteiger partial charge in [-0.3, -0.25) is 0 Å². The zero-order valence-corrected chi connectivity index (χ0v) is 6.84. The van der Waals surface area contributed by atoms with Crippen molar-refractivity contribution in [3.05, 3.63) is 11.8 Å². The van der Waals surface area contributed by atoms with Crippen molar-refractivity contribution in [3.8, 4) is 12.3 Å². The first-order valence-corrected chi connectivity index (χ1v) is 5.90. The van der Waals surface area contributed by atoms with Gasteiger partial charge in [-0.2, -0.15) is 0 Å². The molecule has 1 heterocycles. The number of terminal acetylenes is 1. The third-order valence-corrected chi connectivity index (χ3v) is 3.17. The monoisotopic (exact) mass is 158 g/mol. The lowest BCUT2D eigenvalue weighted by Gasteiger charge is -2.05. The Bertz CT molecular complexity index is 236. The largest absolute Gasteiger partial charge is 0.473 e. The first kappa shape index (κ1) is 6.86. The minimum absolute atomic E-state index is 0.791. The van der Waals surface area contributed by atoms with E-state index in [1.54, 1.807) is 6.26 Å². The van der Waals surface area contributed by atoms with Crippen LogP contribution in [0, 0.1) is 12.3 Å². The lowest BCUT2D eigenvalue weighted by atomic mass is 10.4. The van der Waals surface area contributed by atoms with E-state index in [-0.39, 0.29) is 0 Å². The van der Waals surface area contributed by atoms with Crippen molar-refractivity contribution in [3.63, 3.8) is 0 Å². The molecule has 1 nitrogen and oxygen atoms in total. The molecule has 48 valence electrons. The number of allylic oxidation sites excluding steroid dienone is 1. The Morgan fingerprint density at radius 2 is 2.67 bits per heavy atom. The maximum absolute atomic E-state index is 5.17. The zero-order valence-electron chi connectivity index (χ0n) is 5.13. The molecule has 0 aromatic heterocycles. The predicted octanol–water partition coefficient (Wildman–Crippen LogP) is 1.56. The molecular formula is C6H7OPS. The molecule has 1 aliphatic heterocycles. The zero-order chi connectivity index (χ0) is 6.91. The topological polar surface area (TPSA) is 9.23 Å². The van der Waals surface area contributed by atoms with Crippen LogP contribution in [0.15, 0.2) is 11.8 Å². The van der Waals surface area contributed by atoms with E-state index in [2.05, 4.69) is 5.92 Å². The third-order valence-electron chi connectivity index (χ3n) is 1.06. The van der Waals surface area contributed by atoms with Crippen molar-refractivity contribution in [1.82, 2.24) is 0 Å². The summed E-state index contributed by atoms with van der Waals surface area (Å²) in [5, 5.41) is 0. The molecule has 0 aromatic rings. The first-order chi connectivity index (χ1) is 4.14. The standard InChI is InChI=1S/C6H7OPS/c1-3-6-4-7-8(2,9)5-6/h1,4H,5H2,2H3. The Kier molecular flexibility index (Phi) is 1.66. The smallest absolute Gasteiger partial charge is 0.116 e. The van der Waals surface area contributed by atoms with Crippen LogP contribution in [0.2, 0.25) is 0 Å². The second-order valence-electron chi connectivity index (χ2n) is 2.07. The highest BCUT2D eigenvalue weighted by Crippen LogP contribution is 2.49. The summed E-state index contributed by atoms with van der Waals surface area (Å²) in [6.45, 7) is 1.95. The SMILES string of the molecule is C#CC1=COP(C)(=S)C1. The summed E-state index contributed by atoms with van der Waals surface area (Å²) < 4.78 is 5.17. The maximum atomic E-state index is 5.17. The van der Waals surface area contributed by atoms with Crippen molar-refractivity contribution in [1.29, 1.82) is 0 Å². The molecule has 0 saturated heterocycles. The number of rotatable bonds is 0.